The lowest BCUT2D eigenvalue weighted by Gasteiger charge is -2.05. The highest BCUT2D eigenvalue weighted by molar-refractivity contribution is 6.00. The number of aromatic nitrogens is 3. The van der Waals surface area contributed by atoms with Crippen LogP contribution in [-0.4, -0.2) is 20.8 Å². The summed E-state index contributed by atoms with van der Waals surface area (Å²) in [5.41, 5.74) is 2.42. The van der Waals surface area contributed by atoms with Crippen LogP contribution >= 0.6 is 0 Å². The normalized spacial score (nSPS) is 10.3. The highest BCUT2D eigenvalue weighted by Crippen LogP contribution is 2.22. The minimum absolute atomic E-state index is 0.0480. The van der Waals surface area contributed by atoms with Crippen molar-refractivity contribution in [1.82, 2.24) is 15.0 Å². The lowest BCUT2D eigenvalue weighted by Crippen LogP contribution is -2.00. The summed E-state index contributed by atoms with van der Waals surface area (Å²) in [6.45, 7) is 1.56. The maximum absolute atomic E-state index is 11.4. The van der Waals surface area contributed by atoms with E-state index in [0.717, 1.165) is 11.3 Å². The van der Waals surface area contributed by atoms with E-state index in [9.17, 15) is 4.79 Å². The standard InChI is InChI=1S/C11H11N3O/c1-8(15)9-5-3-4-6-10(9)11-7-12-13-14(11)2/h3-7H,1-2H3. The molecule has 0 saturated heterocycles. The van der Waals surface area contributed by atoms with E-state index in [2.05, 4.69) is 10.3 Å². The van der Waals surface area contributed by atoms with Gasteiger partial charge >= 0.3 is 0 Å². The van der Waals surface area contributed by atoms with Crippen molar-refractivity contribution in [1.29, 1.82) is 0 Å². The van der Waals surface area contributed by atoms with Crippen molar-refractivity contribution in [2.45, 2.75) is 6.92 Å². The molecule has 76 valence electrons. The Morgan fingerprint density at radius 2 is 2.07 bits per heavy atom. The first-order valence-corrected chi connectivity index (χ1v) is 4.65. The van der Waals surface area contributed by atoms with E-state index >= 15 is 0 Å². The van der Waals surface area contributed by atoms with Crippen LogP contribution in [0, 0.1) is 0 Å². The zero-order valence-electron chi connectivity index (χ0n) is 8.64. The van der Waals surface area contributed by atoms with Gasteiger partial charge in [-0.25, -0.2) is 4.68 Å². The van der Waals surface area contributed by atoms with Gasteiger partial charge in [-0.05, 0) is 6.92 Å². The van der Waals surface area contributed by atoms with E-state index in [1.165, 1.54) is 0 Å². The van der Waals surface area contributed by atoms with Crippen LogP contribution in [0.25, 0.3) is 11.3 Å². The summed E-state index contributed by atoms with van der Waals surface area (Å²) < 4.78 is 1.65. The molecule has 15 heavy (non-hydrogen) atoms. The van der Waals surface area contributed by atoms with Gasteiger partial charge in [-0.2, -0.15) is 0 Å². The Labute approximate surface area is 87.5 Å². The van der Waals surface area contributed by atoms with Crippen LogP contribution in [0.2, 0.25) is 0 Å². The maximum Gasteiger partial charge on any atom is 0.160 e. The van der Waals surface area contributed by atoms with E-state index in [1.54, 1.807) is 24.9 Å². The van der Waals surface area contributed by atoms with Gasteiger partial charge in [-0.3, -0.25) is 4.79 Å². The first-order valence-electron chi connectivity index (χ1n) is 4.65. The van der Waals surface area contributed by atoms with Crippen molar-refractivity contribution < 1.29 is 4.79 Å². The Kier molecular flexibility index (Phi) is 2.33. The van der Waals surface area contributed by atoms with E-state index in [4.69, 9.17) is 0 Å². The molecule has 0 atom stereocenters. The summed E-state index contributed by atoms with van der Waals surface area (Å²) in [5, 5.41) is 7.65. The van der Waals surface area contributed by atoms with Gasteiger partial charge in [-0.15, -0.1) is 5.10 Å². The molecule has 2 rings (SSSR count). The summed E-state index contributed by atoms with van der Waals surface area (Å²) in [6.07, 6.45) is 1.65. The predicted molar refractivity (Wildman–Crippen MR) is 56.4 cm³/mol. The lowest BCUT2D eigenvalue weighted by atomic mass is 10.0. The number of aryl methyl sites for hydroxylation is 1. The summed E-state index contributed by atoms with van der Waals surface area (Å²) in [5.74, 6) is 0.0480. The minimum atomic E-state index is 0.0480. The minimum Gasteiger partial charge on any atom is -0.294 e. The van der Waals surface area contributed by atoms with Crippen LogP contribution in [0.15, 0.2) is 30.5 Å². The molecule has 2 aromatic rings. The van der Waals surface area contributed by atoms with Gasteiger partial charge in [0, 0.05) is 18.2 Å². The Morgan fingerprint density at radius 1 is 1.33 bits per heavy atom. The van der Waals surface area contributed by atoms with Gasteiger partial charge in [-0.1, -0.05) is 29.5 Å². The molecule has 0 unspecified atom stereocenters. The Balaban J connectivity index is 2.63. The molecule has 4 heteroatoms. The van der Waals surface area contributed by atoms with Gasteiger partial charge in [0.25, 0.3) is 0 Å². The second-order valence-electron chi connectivity index (χ2n) is 3.34. The number of hydrogen-bond donors (Lipinski definition) is 0. The number of carbonyl (C=O) groups excluding carboxylic acids is 1. The van der Waals surface area contributed by atoms with E-state index in [-0.39, 0.29) is 5.78 Å². The van der Waals surface area contributed by atoms with Crippen LogP contribution in [0.4, 0.5) is 0 Å². The average Bonchev–Trinajstić information content (AvgIpc) is 2.64. The van der Waals surface area contributed by atoms with Gasteiger partial charge < -0.3 is 0 Å². The van der Waals surface area contributed by atoms with Gasteiger partial charge in [0.2, 0.25) is 0 Å². The molecule has 0 aliphatic heterocycles. The lowest BCUT2D eigenvalue weighted by molar-refractivity contribution is 0.101. The second kappa shape index (κ2) is 3.65. The molecule has 4 nitrogen and oxygen atoms in total. The monoisotopic (exact) mass is 201 g/mol. The molecule has 0 saturated carbocycles. The fourth-order valence-corrected chi connectivity index (χ4v) is 1.55. The Hall–Kier alpha value is -1.97. The number of rotatable bonds is 2. The first kappa shape index (κ1) is 9.58. The quantitative estimate of drug-likeness (QED) is 0.694. The molecule has 0 amide bonds. The molecule has 0 N–H and O–H groups in total. The van der Waals surface area contributed by atoms with Crippen molar-refractivity contribution in [3.8, 4) is 11.3 Å². The van der Waals surface area contributed by atoms with Crippen molar-refractivity contribution in [3.63, 3.8) is 0 Å². The highest BCUT2D eigenvalue weighted by atomic mass is 16.1. The smallest absolute Gasteiger partial charge is 0.160 e. The molecular formula is C11H11N3O. The van der Waals surface area contributed by atoms with Crippen LogP contribution in [0.3, 0.4) is 0 Å². The van der Waals surface area contributed by atoms with E-state index in [1.807, 2.05) is 24.3 Å². The molecule has 0 aliphatic rings. The van der Waals surface area contributed by atoms with Crippen LogP contribution < -0.4 is 0 Å². The van der Waals surface area contributed by atoms with Crippen LogP contribution in [0.1, 0.15) is 17.3 Å². The van der Waals surface area contributed by atoms with E-state index < -0.39 is 0 Å². The number of carbonyl (C=O) groups is 1. The Morgan fingerprint density at radius 3 is 2.67 bits per heavy atom. The van der Waals surface area contributed by atoms with Crippen molar-refractivity contribution in [3.05, 3.63) is 36.0 Å². The number of Topliss-reactive ketones (excluding diaryl/α,β-unsaturated/α-hetero) is 1. The number of hydrogen-bond acceptors (Lipinski definition) is 3. The second-order valence-corrected chi connectivity index (χ2v) is 3.34. The largest absolute Gasteiger partial charge is 0.294 e. The summed E-state index contributed by atoms with van der Waals surface area (Å²) >= 11 is 0. The summed E-state index contributed by atoms with van der Waals surface area (Å²) in [6, 6.07) is 7.46. The molecule has 0 spiro atoms. The zero-order chi connectivity index (χ0) is 10.8. The first-order chi connectivity index (χ1) is 7.20. The SMILES string of the molecule is CC(=O)c1ccccc1-c1cnnn1C. The van der Waals surface area contributed by atoms with Gasteiger partial charge in [0.15, 0.2) is 5.78 Å². The molecule has 0 aliphatic carbocycles. The molecular weight excluding hydrogens is 190 g/mol. The molecule has 1 aromatic heterocycles. The van der Waals surface area contributed by atoms with Gasteiger partial charge in [0.1, 0.15) is 0 Å². The fourth-order valence-electron chi connectivity index (χ4n) is 1.55. The topological polar surface area (TPSA) is 47.8 Å². The predicted octanol–water partition coefficient (Wildman–Crippen LogP) is 1.68. The van der Waals surface area contributed by atoms with Crippen molar-refractivity contribution >= 4 is 5.78 Å². The molecule has 1 heterocycles. The summed E-state index contributed by atoms with van der Waals surface area (Å²) in [4.78, 5) is 11.4. The van der Waals surface area contributed by atoms with Crippen molar-refractivity contribution in [2.24, 2.45) is 7.05 Å². The van der Waals surface area contributed by atoms with Crippen molar-refractivity contribution in [2.75, 3.05) is 0 Å². The molecule has 0 fully saturated rings. The third kappa shape index (κ3) is 1.66. The third-order valence-electron chi connectivity index (χ3n) is 2.30. The molecule has 0 radical (unpaired) electrons. The fraction of sp³-hybridized carbons (Fsp3) is 0.182. The summed E-state index contributed by atoms with van der Waals surface area (Å²) in [7, 11) is 1.80. The van der Waals surface area contributed by atoms with Crippen LogP contribution in [0.5, 0.6) is 0 Å². The van der Waals surface area contributed by atoms with Crippen LogP contribution in [-0.2, 0) is 7.05 Å². The van der Waals surface area contributed by atoms with E-state index in [0.29, 0.717) is 5.56 Å². The highest BCUT2D eigenvalue weighted by Gasteiger charge is 2.11. The number of benzene rings is 1. The Bertz CT molecular complexity index is 502. The molecule has 0 bridgehead atoms. The van der Waals surface area contributed by atoms with Gasteiger partial charge in [0.05, 0.1) is 11.9 Å². The zero-order valence-corrected chi connectivity index (χ0v) is 8.64. The third-order valence-corrected chi connectivity index (χ3v) is 2.30. The number of ketones is 1. The molecule has 1 aromatic carbocycles. The average molecular weight is 201 g/mol. The number of nitrogens with zero attached hydrogens (tertiary/aromatic N) is 3. The maximum atomic E-state index is 11.4.